The van der Waals surface area contributed by atoms with Crippen LogP contribution in [0.3, 0.4) is 0 Å². The Morgan fingerprint density at radius 2 is 1.86 bits per heavy atom. The van der Waals surface area contributed by atoms with Crippen LogP contribution in [0.5, 0.6) is 0 Å². The zero-order valence-electron chi connectivity index (χ0n) is 19.9. The highest BCUT2D eigenvalue weighted by Gasteiger charge is 2.20. The van der Waals surface area contributed by atoms with E-state index in [4.69, 9.17) is 5.73 Å². The van der Waals surface area contributed by atoms with E-state index in [1.54, 1.807) is 22.6 Å². The van der Waals surface area contributed by atoms with Crippen molar-refractivity contribution in [2.75, 3.05) is 7.05 Å². The first-order valence-corrected chi connectivity index (χ1v) is 11.6. The molecular weight excluding hydrogens is 444 g/mol. The number of nitrogens with two attached hydrogens (primary N) is 1. The van der Waals surface area contributed by atoms with E-state index in [0.29, 0.717) is 12.0 Å². The minimum Gasteiger partial charge on any atom is -0.366 e. The van der Waals surface area contributed by atoms with Crippen molar-refractivity contribution in [1.82, 2.24) is 34.8 Å². The van der Waals surface area contributed by atoms with Crippen molar-refractivity contribution < 1.29 is 9.59 Å². The number of aromatic nitrogens is 6. The maximum Gasteiger partial charge on any atom is 0.251 e. The number of amides is 2. The molecule has 0 radical (unpaired) electrons. The second-order valence-corrected chi connectivity index (χ2v) is 8.50. The number of aromatic amines is 1. The number of rotatable bonds is 11. The third kappa shape index (κ3) is 5.84. The third-order valence-corrected chi connectivity index (χ3v) is 5.98. The Bertz CT molecular complexity index is 1280. The molecule has 0 saturated heterocycles. The lowest BCUT2D eigenvalue weighted by Gasteiger charge is -2.15. The van der Waals surface area contributed by atoms with E-state index in [2.05, 4.69) is 25.5 Å². The Hall–Kier alpha value is -4.21. The zero-order valence-corrected chi connectivity index (χ0v) is 19.9. The van der Waals surface area contributed by atoms with Crippen LogP contribution >= 0.6 is 0 Å². The van der Waals surface area contributed by atoms with Crippen LogP contribution in [-0.4, -0.2) is 48.4 Å². The largest absolute Gasteiger partial charge is 0.366 e. The Kier molecular flexibility index (Phi) is 7.39. The van der Waals surface area contributed by atoms with Crippen molar-refractivity contribution in [3.63, 3.8) is 0 Å². The van der Waals surface area contributed by atoms with E-state index < -0.39 is 5.91 Å². The Morgan fingerprint density at radius 3 is 2.51 bits per heavy atom. The fraction of sp³-hybridized carbons (Fsp3) is 0.320. The standard InChI is InChI=1S/C25H30N8O2/c1-27-23(34)7-5-3-4-6-22(33-16-19(14-29-33)24(26)35)25-28-15-21(30-25)18-10-8-17(9-11-18)20-12-13-32(2)31-20/h8-16,22H,3-7H2,1-2H3,(H2,26,35)(H,27,34)(H,28,30). The molecule has 0 saturated carbocycles. The number of unbranched alkanes of at least 4 members (excludes halogenated alkanes) is 2. The molecule has 10 nitrogen and oxygen atoms in total. The number of primary amides is 1. The Balaban J connectivity index is 1.50. The maximum atomic E-state index is 11.6. The van der Waals surface area contributed by atoms with Crippen molar-refractivity contribution in [2.24, 2.45) is 12.8 Å². The molecule has 3 heterocycles. The monoisotopic (exact) mass is 474 g/mol. The van der Waals surface area contributed by atoms with E-state index in [1.807, 2.05) is 49.8 Å². The number of nitrogens with one attached hydrogen (secondary N) is 2. The summed E-state index contributed by atoms with van der Waals surface area (Å²) in [4.78, 5) is 31.1. The van der Waals surface area contributed by atoms with Gasteiger partial charge in [-0.15, -0.1) is 0 Å². The first kappa shape index (κ1) is 23.9. The molecule has 4 rings (SSSR count). The summed E-state index contributed by atoms with van der Waals surface area (Å²) in [5.74, 6) is 0.275. The van der Waals surface area contributed by atoms with Gasteiger partial charge in [-0.2, -0.15) is 10.2 Å². The molecule has 0 fully saturated rings. The summed E-state index contributed by atoms with van der Waals surface area (Å²) < 4.78 is 3.51. The summed E-state index contributed by atoms with van der Waals surface area (Å²) in [7, 11) is 3.54. The molecule has 10 heteroatoms. The van der Waals surface area contributed by atoms with Crippen LogP contribution in [0.1, 0.15) is 54.3 Å². The second-order valence-electron chi connectivity index (χ2n) is 8.50. The van der Waals surface area contributed by atoms with E-state index in [0.717, 1.165) is 54.0 Å². The highest BCUT2D eigenvalue weighted by molar-refractivity contribution is 5.92. The van der Waals surface area contributed by atoms with Crippen LogP contribution in [-0.2, 0) is 11.8 Å². The van der Waals surface area contributed by atoms with Crippen LogP contribution in [0.15, 0.2) is 55.1 Å². The number of hydrogen-bond donors (Lipinski definition) is 3. The molecule has 182 valence electrons. The molecular formula is C25H30N8O2. The van der Waals surface area contributed by atoms with Gasteiger partial charge < -0.3 is 16.0 Å². The summed E-state index contributed by atoms with van der Waals surface area (Å²) >= 11 is 0. The van der Waals surface area contributed by atoms with Gasteiger partial charge in [0.05, 0.1) is 29.3 Å². The topological polar surface area (TPSA) is 137 Å². The van der Waals surface area contributed by atoms with Crippen LogP contribution in [0.4, 0.5) is 0 Å². The normalized spacial score (nSPS) is 11.9. The molecule has 0 aliphatic rings. The molecule has 0 bridgehead atoms. The van der Waals surface area contributed by atoms with Gasteiger partial charge in [0.25, 0.3) is 5.91 Å². The van der Waals surface area contributed by atoms with E-state index in [-0.39, 0.29) is 11.9 Å². The van der Waals surface area contributed by atoms with Crippen LogP contribution in [0, 0.1) is 0 Å². The number of carbonyl (C=O) groups is 2. The number of nitrogens with zero attached hydrogens (tertiary/aromatic N) is 5. The SMILES string of the molecule is CNC(=O)CCCCCC(c1ncc(-c2ccc(-c3ccn(C)n3)cc2)[nH]1)n1cc(C(N)=O)cn1. The Morgan fingerprint density at radius 1 is 1.09 bits per heavy atom. The molecule has 4 N–H and O–H groups in total. The van der Waals surface area contributed by atoms with Crippen molar-refractivity contribution in [2.45, 2.75) is 38.1 Å². The van der Waals surface area contributed by atoms with Gasteiger partial charge in [0, 0.05) is 38.5 Å². The van der Waals surface area contributed by atoms with Gasteiger partial charge in [-0.1, -0.05) is 37.1 Å². The van der Waals surface area contributed by atoms with Gasteiger partial charge in [0.1, 0.15) is 11.9 Å². The van der Waals surface area contributed by atoms with E-state index in [9.17, 15) is 9.59 Å². The number of aryl methyl sites for hydroxylation is 1. The van der Waals surface area contributed by atoms with Gasteiger partial charge in [0.15, 0.2) is 0 Å². The summed E-state index contributed by atoms with van der Waals surface area (Å²) in [5.41, 5.74) is 9.63. The molecule has 2 amide bonds. The summed E-state index contributed by atoms with van der Waals surface area (Å²) in [6.45, 7) is 0. The molecule has 4 aromatic rings. The Labute approximate surface area is 203 Å². The number of carbonyl (C=O) groups excluding carboxylic acids is 2. The number of H-pyrrole nitrogens is 1. The van der Waals surface area contributed by atoms with Crippen LogP contribution < -0.4 is 11.1 Å². The quantitative estimate of drug-likeness (QED) is 0.287. The van der Waals surface area contributed by atoms with Crippen molar-refractivity contribution in [1.29, 1.82) is 0 Å². The van der Waals surface area contributed by atoms with Crippen molar-refractivity contribution >= 4 is 11.8 Å². The van der Waals surface area contributed by atoms with Gasteiger partial charge in [0.2, 0.25) is 5.91 Å². The van der Waals surface area contributed by atoms with Crippen LogP contribution in [0.25, 0.3) is 22.5 Å². The average molecular weight is 475 g/mol. The van der Waals surface area contributed by atoms with Gasteiger partial charge in [-0.25, -0.2) is 4.98 Å². The summed E-state index contributed by atoms with van der Waals surface area (Å²) in [5, 5.41) is 11.5. The molecule has 0 aliphatic carbocycles. The summed E-state index contributed by atoms with van der Waals surface area (Å²) in [6, 6.07) is 9.93. The lowest BCUT2D eigenvalue weighted by molar-refractivity contribution is -0.120. The van der Waals surface area contributed by atoms with Gasteiger partial charge in [-0.3, -0.25) is 19.0 Å². The second kappa shape index (κ2) is 10.8. The lowest BCUT2D eigenvalue weighted by Crippen LogP contribution is -2.17. The molecule has 3 aromatic heterocycles. The summed E-state index contributed by atoms with van der Waals surface area (Å²) in [6.07, 6.45) is 10.7. The molecule has 1 unspecified atom stereocenters. The van der Waals surface area contributed by atoms with Crippen LogP contribution in [0.2, 0.25) is 0 Å². The van der Waals surface area contributed by atoms with Gasteiger partial charge >= 0.3 is 0 Å². The lowest BCUT2D eigenvalue weighted by atomic mass is 10.1. The highest BCUT2D eigenvalue weighted by atomic mass is 16.1. The predicted molar refractivity (Wildman–Crippen MR) is 132 cm³/mol. The first-order valence-electron chi connectivity index (χ1n) is 11.6. The van der Waals surface area contributed by atoms with Crippen molar-refractivity contribution in [3.05, 3.63) is 66.5 Å². The molecule has 1 aromatic carbocycles. The molecule has 35 heavy (non-hydrogen) atoms. The number of benzene rings is 1. The van der Waals surface area contributed by atoms with Crippen molar-refractivity contribution in [3.8, 4) is 22.5 Å². The fourth-order valence-electron chi connectivity index (χ4n) is 4.00. The molecule has 0 spiro atoms. The molecule has 0 aliphatic heterocycles. The predicted octanol–water partition coefficient (Wildman–Crippen LogP) is 3.06. The molecule has 1 atom stereocenters. The average Bonchev–Trinajstić information content (AvgIpc) is 3.62. The number of imidazole rings is 1. The van der Waals surface area contributed by atoms with E-state index in [1.165, 1.54) is 6.20 Å². The smallest absolute Gasteiger partial charge is 0.251 e. The zero-order chi connectivity index (χ0) is 24.8. The third-order valence-electron chi connectivity index (χ3n) is 5.98. The first-order chi connectivity index (χ1) is 16.9. The van der Waals surface area contributed by atoms with Gasteiger partial charge in [-0.05, 0) is 24.5 Å². The number of hydrogen-bond acceptors (Lipinski definition) is 5. The highest BCUT2D eigenvalue weighted by Crippen LogP contribution is 2.27. The fourth-order valence-corrected chi connectivity index (χ4v) is 4.00. The minimum absolute atomic E-state index is 0.0458. The van der Waals surface area contributed by atoms with E-state index >= 15 is 0 Å². The minimum atomic E-state index is -0.520. The maximum absolute atomic E-state index is 11.6.